The van der Waals surface area contributed by atoms with Crippen LogP contribution in [0.3, 0.4) is 0 Å². The van der Waals surface area contributed by atoms with Gasteiger partial charge < -0.3 is 14.4 Å². The second-order valence-corrected chi connectivity index (χ2v) is 5.25. The Hall–Kier alpha value is -2.63. The van der Waals surface area contributed by atoms with Crippen molar-refractivity contribution in [2.24, 2.45) is 0 Å². The molecule has 1 unspecified atom stereocenters. The van der Waals surface area contributed by atoms with Crippen LogP contribution in [0.5, 0.6) is 11.5 Å². The van der Waals surface area contributed by atoms with Gasteiger partial charge in [0.2, 0.25) is 0 Å². The molecule has 0 heterocycles. The molecule has 128 valence electrons. The predicted molar refractivity (Wildman–Crippen MR) is 86.6 cm³/mol. The van der Waals surface area contributed by atoms with Gasteiger partial charge in [-0.1, -0.05) is 30.3 Å². The van der Waals surface area contributed by atoms with Gasteiger partial charge >= 0.3 is 6.61 Å². The summed E-state index contributed by atoms with van der Waals surface area (Å²) in [7, 11) is 3.02. The highest BCUT2D eigenvalue weighted by Crippen LogP contribution is 2.30. The van der Waals surface area contributed by atoms with Crippen molar-refractivity contribution in [2.45, 2.75) is 19.6 Å². The first-order valence-electron chi connectivity index (χ1n) is 7.39. The third-order valence-corrected chi connectivity index (χ3v) is 3.81. The first-order valence-corrected chi connectivity index (χ1v) is 7.39. The number of hydrogen-bond acceptors (Lipinski definition) is 3. The Morgan fingerprint density at radius 2 is 1.75 bits per heavy atom. The topological polar surface area (TPSA) is 38.8 Å². The van der Waals surface area contributed by atoms with Gasteiger partial charge in [-0.3, -0.25) is 4.79 Å². The van der Waals surface area contributed by atoms with Gasteiger partial charge in [0, 0.05) is 12.6 Å². The summed E-state index contributed by atoms with van der Waals surface area (Å²) in [6.45, 7) is -1.04. The van der Waals surface area contributed by atoms with Crippen molar-refractivity contribution in [1.29, 1.82) is 0 Å². The molecule has 0 saturated carbocycles. The lowest BCUT2D eigenvalue weighted by Gasteiger charge is -2.25. The minimum absolute atomic E-state index is 0.0851. The smallest absolute Gasteiger partial charge is 0.387 e. The molecule has 6 heteroatoms. The number of alkyl halides is 2. The Labute approximate surface area is 139 Å². The van der Waals surface area contributed by atoms with E-state index in [1.807, 2.05) is 37.3 Å². The molecule has 1 atom stereocenters. The van der Waals surface area contributed by atoms with Gasteiger partial charge in [0.15, 0.2) is 11.5 Å². The van der Waals surface area contributed by atoms with Crippen LogP contribution >= 0.6 is 0 Å². The van der Waals surface area contributed by atoms with Gasteiger partial charge in [-0.2, -0.15) is 8.78 Å². The van der Waals surface area contributed by atoms with Crippen molar-refractivity contribution in [1.82, 2.24) is 4.90 Å². The fourth-order valence-corrected chi connectivity index (χ4v) is 2.33. The van der Waals surface area contributed by atoms with E-state index in [0.717, 1.165) is 5.56 Å². The summed E-state index contributed by atoms with van der Waals surface area (Å²) in [6.07, 6.45) is 0. The monoisotopic (exact) mass is 335 g/mol. The number of nitrogens with zero attached hydrogens (tertiary/aromatic N) is 1. The molecule has 0 spiro atoms. The zero-order chi connectivity index (χ0) is 17.7. The van der Waals surface area contributed by atoms with Crippen molar-refractivity contribution < 1.29 is 23.0 Å². The fraction of sp³-hybridized carbons (Fsp3) is 0.278. The van der Waals surface area contributed by atoms with Crippen molar-refractivity contribution in [3.05, 3.63) is 59.7 Å². The van der Waals surface area contributed by atoms with Crippen LogP contribution in [0.15, 0.2) is 48.5 Å². The molecule has 4 nitrogen and oxygen atoms in total. The fourth-order valence-electron chi connectivity index (χ4n) is 2.33. The molecule has 0 bridgehead atoms. The van der Waals surface area contributed by atoms with Gasteiger partial charge in [-0.15, -0.1) is 0 Å². The van der Waals surface area contributed by atoms with E-state index in [1.54, 1.807) is 11.9 Å². The lowest BCUT2D eigenvalue weighted by atomic mass is 10.1. The Bertz CT molecular complexity index is 692. The molecule has 0 aromatic heterocycles. The number of ether oxygens (including phenoxy) is 2. The minimum atomic E-state index is -2.96. The maximum atomic E-state index is 12.6. The molecule has 2 aromatic carbocycles. The number of halogens is 2. The van der Waals surface area contributed by atoms with Crippen LogP contribution in [0.1, 0.15) is 28.9 Å². The summed E-state index contributed by atoms with van der Waals surface area (Å²) >= 11 is 0. The van der Waals surface area contributed by atoms with Crippen molar-refractivity contribution in [2.75, 3.05) is 14.2 Å². The number of benzene rings is 2. The standard InChI is InChI=1S/C18H19F2NO3/c1-12(13-7-5-4-6-8-13)21(2)17(22)14-9-10-15(24-18(19)20)16(11-14)23-3/h4-12,18H,1-3H3. The summed E-state index contributed by atoms with van der Waals surface area (Å²) in [5.41, 5.74) is 1.33. The number of hydrogen-bond donors (Lipinski definition) is 0. The maximum absolute atomic E-state index is 12.6. The largest absolute Gasteiger partial charge is 0.493 e. The first kappa shape index (κ1) is 17.7. The maximum Gasteiger partial charge on any atom is 0.387 e. The van der Waals surface area contributed by atoms with Gasteiger partial charge in [0.25, 0.3) is 5.91 Å². The number of carbonyl (C=O) groups is 1. The molecule has 0 aliphatic carbocycles. The number of amides is 1. The second-order valence-electron chi connectivity index (χ2n) is 5.25. The molecule has 0 fully saturated rings. The molecule has 2 aromatic rings. The van der Waals surface area contributed by atoms with Crippen LogP contribution in [0.25, 0.3) is 0 Å². The molecule has 0 aliphatic rings. The predicted octanol–water partition coefficient (Wildman–Crippen LogP) is 4.13. The summed E-state index contributed by atoms with van der Waals surface area (Å²) in [5, 5.41) is 0. The van der Waals surface area contributed by atoms with E-state index < -0.39 is 6.61 Å². The molecular formula is C18H19F2NO3. The lowest BCUT2D eigenvalue weighted by Crippen LogP contribution is -2.29. The van der Waals surface area contributed by atoms with Crippen molar-refractivity contribution >= 4 is 5.91 Å². The Morgan fingerprint density at radius 3 is 2.33 bits per heavy atom. The van der Waals surface area contributed by atoms with Gasteiger partial charge in [0.1, 0.15) is 0 Å². The first-order chi connectivity index (χ1) is 11.4. The molecule has 2 rings (SSSR count). The van der Waals surface area contributed by atoms with E-state index in [4.69, 9.17) is 4.74 Å². The highest BCUT2D eigenvalue weighted by Gasteiger charge is 2.21. The number of carbonyl (C=O) groups excluding carboxylic acids is 1. The van der Waals surface area contributed by atoms with Crippen LogP contribution in [-0.4, -0.2) is 31.6 Å². The zero-order valence-electron chi connectivity index (χ0n) is 13.7. The molecule has 1 amide bonds. The Morgan fingerprint density at radius 1 is 1.08 bits per heavy atom. The summed E-state index contributed by atoms with van der Waals surface area (Å²) in [6, 6.07) is 13.6. The third-order valence-electron chi connectivity index (χ3n) is 3.81. The molecule has 0 radical (unpaired) electrons. The molecule has 24 heavy (non-hydrogen) atoms. The van der Waals surface area contributed by atoms with Crippen LogP contribution in [0.2, 0.25) is 0 Å². The van der Waals surface area contributed by atoms with Crippen LogP contribution in [0.4, 0.5) is 8.78 Å². The summed E-state index contributed by atoms with van der Waals surface area (Å²) in [5.74, 6) is -0.266. The van der Waals surface area contributed by atoms with Crippen LogP contribution < -0.4 is 9.47 Å². The minimum Gasteiger partial charge on any atom is -0.493 e. The van der Waals surface area contributed by atoms with Crippen molar-refractivity contribution in [3.8, 4) is 11.5 Å². The molecule has 0 aliphatic heterocycles. The van der Waals surface area contributed by atoms with E-state index >= 15 is 0 Å². The van der Waals surface area contributed by atoms with Gasteiger partial charge in [0.05, 0.1) is 13.2 Å². The van der Waals surface area contributed by atoms with E-state index in [0.29, 0.717) is 5.56 Å². The normalized spacial score (nSPS) is 11.9. The quantitative estimate of drug-likeness (QED) is 0.797. The van der Waals surface area contributed by atoms with E-state index in [2.05, 4.69) is 4.74 Å². The van der Waals surface area contributed by atoms with E-state index in [-0.39, 0.29) is 23.4 Å². The highest BCUT2D eigenvalue weighted by molar-refractivity contribution is 5.95. The average molecular weight is 335 g/mol. The number of methoxy groups -OCH3 is 1. The van der Waals surface area contributed by atoms with Crippen LogP contribution in [-0.2, 0) is 0 Å². The lowest BCUT2D eigenvalue weighted by molar-refractivity contribution is -0.0512. The Kier molecular flexibility index (Phi) is 5.73. The van der Waals surface area contributed by atoms with Gasteiger partial charge in [-0.25, -0.2) is 0 Å². The number of rotatable bonds is 6. The van der Waals surface area contributed by atoms with Crippen molar-refractivity contribution in [3.63, 3.8) is 0 Å². The summed E-state index contributed by atoms with van der Waals surface area (Å²) < 4.78 is 34.1. The average Bonchev–Trinajstić information content (AvgIpc) is 2.60. The van der Waals surface area contributed by atoms with E-state index in [9.17, 15) is 13.6 Å². The van der Waals surface area contributed by atoms with E-state index in [1.165, 1.54) is 25.3 Å². The molecule has 0 saturated heterocycles. The third kappa shape index (κ3) is 4.01. The van der Waals surface area contributed by atoms with Gasteiger partial charge in [-0.05, 0) is 30.7 Å². The second kappa shape index (κ2) is 7.77. The summed E-state index contributed by atoms with van der Waals surface area (Å²) in [4.78, 5) is 14.2. The SMILES string of the molecule is COc1cc(C(=O)N(C)C(C)c2ccccc2)ccc1OC(F)F. The zero-order valence-corrected chi connectivity index (χ0v) is 13.7. The Balaban J connectivity index is 2.22. The molecule has 0 N–H and O–H groups in total. The highest BCUT2D eigenvalue weighted by atomic mass is 19.3. The molecular weight excluding hydrogens is 316 g/mol. The van der Waals surface area contributed by atoms with Crippen LogP contribution in [0, 0.1) is 0 Å².